The molecule has 2 aliphatic rings. The number of nitrogens with one attached hydrogen (secondary N) is 1. The summed E-state index contributed by atoms with van der Waals surface area (Å²) in [6.07, 6.45) is 4.75. The molecule has 1 atom stereocenters. The van der Waals surface area contributed by atoms with Gasteiger partial charge < -0.3 is 14.9 Å². The third kappa shape index (κ3) is 3.39. The monoisotopic (exact) mass is 324 g/mol. The van der Waals surface area contributed by atoms with Gasteiger partial charge in [-0.3, -0.25) is 0 Å². The maximum atomic E-state index is 5.73. The van der Waals surface area contributed by atoms with Gasteiger partial charge in [-0.05, 0) is 35.9 Å². The molecule has 1 saturated heterocycles. The Morgan fingerprint density at radius 2 is 2.25 bits per heavy atom. The summed E-state index contributed by atoms with van der Waals surface area (Å²) in [4.78, 5) is 2.42. The van der Waals surface area contributed by atoms with Crippen LogP contribution >= 0.6 is 0 Å². The van der Waals surface area contributed by atoms with Crippen LogP contribution in [-0.4, -0.2) is 30.9 Å². The Kier molecular flexibility index (Phi) is 5.35. The van der Waals surface area contributed by atoms with Crippen LogP contribution in [0.3, 0.4) is 0 Å². The molecule has 2 aliphatic heterocycles. The number of rotatable bonds is 7. The maximum absolute atomic E-state index is 5.73. The van der Waals surface area contributed by atoms with Crippen molar-refractivity contribution in [2.75, 3.05) is 13.1 Å². The predicted molar refractivity (Wildman–Crippen MR) is 103 cm³/mol. The van der Waals surface area contributed by atoms with Crippen LogP contribution in [0.15, 0.2) is 37.1 Å². The molecule has 24 heavy (non-hydrogen) atoms. The van der Waals surface area contributed by atoms with Gasteiger partial charge in [0.25, 0.3) is 0 Å². The van der Waals surface area contributed by atoms with Gasteiger partial charge in [0.2, 0.25) is 0 Å². The van der Waals surface area contributed by atoms with Gasteiger partial charge in [-0.15, -0.1) is 0 Å². The zero-order chi connectivity index (χ0) is 17.1. The highest BCUT2D eigenvalue weighted by Gasteiger charge is 2.29. The van der Waals surface area contributed by atoms with Crippen LogP contribution in [0.2, 0.25) is 6.82 Å². The second kappa shape index (κ2) is 7.48. The first-order valence-corrected chi connectivity index (χ1v) is 9.24. The molecule has 128 valence electrons. The van der Waals surface area contributed by atoms with Crippen molar-refractivity contribution >= 4 is 18.1 Å². The van der Waals surface area contributed by atoms with Crippen LogP contribution in [0, 0.1) is 0 Å². The molecule has 0 spiro atoms. The number of nitrogens with zero attached hydrogens (tertiary/aromatic N) is 1. The van der Waals surface area contributed by atoms with Crippen LogP contribution in [0.1, 0.15) is 43.7 Å². The smallest absolute Gasteiger partial charge is 0.324 e. The van der Waals surface area contributed by atoms with E-state index in [9.17, 15) is 0 Å². The lowest BCUT2D eigenvalue weighted by molar-refractivity contribution is 0.333. The van der Waals surface area contributed by atoms with Crippen molar-refractivity contribution in [3.05, 3.63) is 48.2 Å². The van der Waals surface area contributed by atoms with Crippen LogP contribution in [0.25, 0.3) is 5.70 Å². The van der Waals surface area contributed by atoms with E-state index in [1.54, 1.807) is 0 Å². The fourth-order valence-corrected chi connectivity index (χ4v) is 3.75. The Bertz CT molecular complexity index is 628. The number of fused-ring (bicyclic) bond motifs is 1. The van der Waals surface area contributed by atoms with Gasteiger partial charge in [0.05, 0.1) is 12.6 Å². The molecule has 2 heterocycles. The van der Waals surface area contributed by atoms with Crippen LogP contribution in [0.4, 0.5) is 0 Å². The molecule has 1 aromatic rings. The summed E-state index contributed by atoms with van der Waals surface area (Å²) < 4.78 is 5.73. The van der Waals surface area contributed by atoms with Crippen molar-refractivity contribution in [2.45, 2.75) is 52.1 Å². The van der Waals surface area contributed by atoms with Crippen LogP contribution in [0.5, 0.6) is 0 Å². The molecule has 0 saturated carbocycles. The Hall–Kier alpha value is -1.68. The van der Waals surface area contributed by atoms with E-state index in [1.165, 1.54) is 35.9 Å². The summed E-state index contributed by atoms with van der Waals surface area (Å²) in [5.74, 6) is 0. The van der Waals surface area contributed by atoms with Gasteiger partial charge in [0.15, 0.2) is 0 Å². The van der Waals surface area contributed by atoms with Gasteiger partial charge in [-0.1, -0.05) is 51.5 Å². The van der Waals surface area contributed by atoms with E-state index in [-0.39, 0.29) is 6.92 Å². The predicted octanol–water partition coefficient (Wildman–Crippen LogP) is 3.38. The van der Waals surface area contributed by atoms with Gasteiger partial charge >= 0.3 is 6.92 Å². The van der Waals surface area contributed by atoms with Crippen molar-refractivity contribution in [3.63, 3.8) is 0 Å². The van der Waals surface area contributed by atoms with E-state index in [0.29, 0.717) is 6.04 Å². The SMILES string of the molecule is C=C(NCCCC)C1CCCN1C(=C)c1ccc2c(c1)B(C)OC2. The lowest BCUT2D eigenvalue weighted by Crippen LogP contribution is -2.35. The number of benzene rings is 1. The molecule has 0 amide bonds. The summed E-state index contributed by atoms with van der Waals surface area (Å²) in [6.45, 7) is 16.0. The first-order chi connectivity index (χ1) is 11.6. The van der Waals surface area contributed by atoms with Gasteiger partial charge in [-0.25, -0.2) is 0 Å². The van der Waals surface area contributed by atoms with Crippen molar-refractivity contribution < 1.29 is 4.65 Å². The van der Waals surface area contributed by atoms with E-state index < -0.39 is 0 Å². The highest BCUT2D eigenvalue weighted by Crippen LogP contribution is 2.30. The van der Waals surface area contributed by atoms with E-state index in [4.69, 9.17) is 4.65 Å². The first-order valence-electron chi connectivity index (χ1n) is 9.24. The minimum Gasteiger partial charge on any atom is -0.427 e. The molecule has 0 radical (unpaired) electrons. The largest absolute Gasteiger partial charge is 0.427 e. The summed E-state index contributed by atoms with van der Waals surface area (Å²) >= 11 is 0. The lowest BCUT2D eigenvalue weighted by atomic mass is 9.64. The molecule has 0 bridgehead atoms. The Morgan fingerprint density at radius 3 is 3.04 bits per heavy atom. The molecule has 3 nitrogen and oxygen atoms in total. The third-order valence-corrected chi connectivity index (χ3v) is 5.29. The average Bonchev–Trinajstić information content (AvgIpc) is 3.21. The van der Waals surface area contributed by atoms with Crippen molar-refractivity contribution in [3.8, 4) is 0 Å². The van der Waals surface area contributed by atoms with E-state index in [2.05, 4.69) is 55.3 Å². The number of unbranched alkanes of at least 4 members (excludes halogenated alkanes) is 1. The molecule has 3 rings (SSSR count). The van der Waals surface area contributed by atoms with E-state index >= 15 is 0 Å². The number of hydrogen-bond donors (Lipinski definition) is 1. The van der Waals surface area contributed by atoms with E-state index in [0.717, 1.165) is 37.5 Å². The van der Waals surface area contributed by atoms with Crippen LogP contribution in [-0.2, 0) is 11.3 Å². The molecule has 1 N–H and O–H groups in total. The second-order valence-corrected chi connectivity index (χ2v) is 6.97. The zero-order valence-corrected chi connectivity index (χ0v) is 15.1. The minimum atomic E-state index is 0.188. The fraction of sp³-hybridized carbons (Fsp3) is 0.500. The standard InChI is InChI=1S/C20H29BN2O/c1-5-6-11-22-15(2)20-8-7-12-23(20)16(3)17-9-10-18-14-24-21(4)19(18)13-17/h9-10,13,20,22H,2-3,5-8,11-12,14H2,1,4H3. The topological polar surface area (TPSA) is 24.5 Å². The molecule has 0 aliphatic carbocycles. The lowest BCUT2D eigenvalue weighted by Gasteiger charge is -2.31. The number of hydrogen-bond acceptors (Lipinski definition) is 3. The first kappa shape index (κ1) is 17.2. The summed E-state index contributed by atoms with van der Waals surface area (Å²) in [6, 6.07) is 7.00. The molecular weight excluding hydrogens is 295 g/mol. The minimum absolute atomic E-state index is 0.188. The van der Waals surface area contributed by atoms with Crippen molar-refractivity contribution in [1.82, 2.24) is 10.2 Å². The average molecular weight is 324 g/mol. The molecule has 1 unspecified atom stereocenters. The summed E-state index contributed by atoms with van der Waals surface area (Å²) in [5, 5.41) is 3.51. The van der Waals surface area contributed by atoms with Gasteiger partial charge in [0, 0.05) is 24.5 Å². The van der Waals surface area contributed by atoms with Crippen LogP contribution < -0.4 is 10.8 Å². The Morgan fingerprint density at radius 1 is 1.42 bits per heavy atom. The molecule has 1 aromatic carbocycles. The molecule has 4 heteroatoms. The van der Waals surface area contributed by atoms with Gasteiger partial charge in [-0.2, -0.15) is 0 Å². The molecule has 0 aromatic heterocycles. The molecular formula is C20H29BN2O. The Labute approximate surface area is 146 Å². The highest BCUT2D eigenvalue weighted by molar-refractivity contribution is 6.67. The summed E-state index contributed by atoms with van der Waals surface area (Å²) in [5.41, 5.74) is 6.07. The quantitative estimate of drug-likeness (QED) is 0.615. The molecule has 1 fully saturated rings. The highest BCUT2D eigenvalue weighted by atomic mass is 16.4. The zero-order valence-electron chi connectivity index (χ0n) is 15.1. The second-order valence-electron chi connectivity index (χ2n) is 6.97. The maximum Gasteiger partial charge on any atom is 0.324 e. The summed E-state index contributed by atoms with van der Waals surface area (Å²) in [7, 11) is 0. The van der Waals surface area contributed by atoms with Crippen molar-refractivity contribution in [2.24, 2.45) is 0 Å². The number of likely N-dealkylation sites (tertiary alicyclic amines) is 1. The fourth-order valence-electron chi connectivity index (χ4n) is 3.75. The Balaban J connectivity index is 1.72. The normalized spacial score (nSPS) is 19.5. The van der Waals surface area contributed by atoms with Gasteiger partial charge in [0.1, 0.15) is 0 Å². The van der Waals surface area contributed by atoms with E-state index in [1.807, 2.05) is 0 Å². The van der Waals surface area contributed by atoms with Crippen molar-refractivity contribution in [1.29, 1.82) is 0 Å². The third-order valence-electron chi connectivity index (χ3n) is 5.29.